The van der Waals surface area contributed by atoms with E-state index in [9.17, 15) is 4.79 Å². The zero-order chi connectivity index (χ0) is 20.3. The number of likely N-dealkylation sites (tertiary alicyclic amines) is 1. The standard InChI is InChI=1S/C24H33N3OS/c1-29-23-12-6-5-11-22(23)19-27-16-13-21(14-17-27)18-26-24(28)25-15-7-10-20-8-3-2-4-9-20/h2-6,8-9,11-12,21H,7,10,13-19H2,1H3,(H2,25,26,28). The molecule has 2 aromatic rings. The van der Waals surface area contributed by atoms with Crippen molar-refractivity contribution < 1.29 is 4.79 Å². The SMILES string of the molecule is CSc1ccccc1CN1CCC(CNC(=O)NCCCc2ccccc2)CC1. The van der Waals surface area contributed by atoms with Gasteiger partial charge in [0.05, 0.1) is 0 Å². The number of thioether (sulfide) groups is 1. The minimum Gasteiger partial charge on any atom is -0.338 e. The Balaban J connectivity index is 1.28. The highest BCUT2D eigenvalue weighted by Crippen LogP contribution is 2.24. The third-order valence-electron chi connectivity index (χ3n) is 5.62. The monoisotopic (exact) mass is 411 g/mol. The zero-order valence-corrected chi connectivity index (χ0v) is 18.2. The second kappa shape index (κ2) is 11.9. The van der Waals surface area contributed by atoms with Crippen molar-refractivity contribution in [1.29, 1.82) is 0 Å². The van der Waals surface area contributed by atoms with Gasteiger partial charge in [0.2, 0.25) is 0 Å². The number of aryl methyl sites for hydroxylation is 1. The highest BCUT2D eigenvalue weighted by Gasteiger charge is 2.20. The maximum absolute atomic E-state index is 12.0. The van der Waals surface area contributed by atoms with Crippen LogP contribution in [-0.2, 0) is 13.0 Å². The van der Waals surface area contributed by atoms with Crippen LogP contribution in [0.2, 0.25) is 0 Å². The number of hydrogen-bond acceptors (Lipinski definition) is 3. The minimum absolute atomic E-state index is 0.0330. The van der Waals surface area contributed by atoms with Gasteiger partial charge in [0.1, 0.15) is 0 Å². The van der Waals surface area contributed by atoms with E-state index < -0.39 is 0 Å². The minimum atomic E-state index is -0.0330. The first-order valence-corrected chi connectivity index (χ1v) is 11.9. The van der Waals surface area contributed by atoms with Gasteiger partial charge in [-0.15, -0.1) is 11.8 Å². The lowest BCUT2D eigenvalue weighted by molar-refractivity contribution is 0.174. The number of nitrogens with zero attached hydrogens (tertiary/aromatic N) is 1. The summed E-state index contributed by atoms with van der Waals surface area (Å²) in [7, 11) is 0. The Morgan fingerprint density at radius 3 is 2.52 bits per heavy atom. The van der Waals surface area contributed by atoms with Crippen LogP contribution in [0.4, 0.5) is 4.79 Å². The molecule has 0 aromatic heterocycles. The molecule has 0 radical (unpaired) electrons. The largest absolute Gasteiger partial charge is 0.338 e. The number of nitrogens with one attached hydrogen (secondary N) is 2. The fourth-order valence-corrected chi connectivity index (χ4v) is 4.47. The number of piperidine rings is 1. The summed E-state index contributed by atoms with van der Waals surface area (Å²) >= 11 is 1.82. The van der Waals surface area contributed by atoms with E-state index in [1.807, 2.05) is 17.8 Å². The van der Waals surface area contributed by atoms with Gasteiger partial charge >= 0.3 is 6.03 Å². The first-order chi connectivity index (χ1) is 14.2. The van der Waals surface area contributed by atoms with Crippen molar-refractivity contribution >= 4 is 17.8 Å². The zero-order valence-electron chi connectivity index (χ0n) is 17.4. The molecule has 4 nitrogen and oxygen atoms in total. The molecular formula is C24H33N3OS. The van der Waals surface area contributed by atoms with Crippen molar-refractivity contribution in [1.82, 2.24) is 15.5 Å². The maximum atomic E-state index is 12.0. The molecular weight excluding hydrogens is 378 g/mol. The van der Waals surface area contributed by atoms with Gasteiger partial charge in [-0.25, -0.2) is 4.79 Å². The Labute approximate surface area is 179 Å². The van der Waals surface area contributed by atoms with Crippen LogP contribution >= 0.6 is 11.8 Å². The van der Waals surface area contributed by atoms with Gasteiger partial charge in [0.15, 0.2) is 0 Å². The van der Waals surface area contributed by atoms with Gasteiger partial charge in [-0.1, -0.05) is 48.5 Å². The van der Waals surface area contributed by atoms with Gasteiger partial charge in [0.25, 0.3) is 0 Å². The number of carbonyl (C=O) groups is 1. The number of rotatable bonds is 9. The summed E-state index contributed by atoms with van der Waals surface area (Å²) in [6.45, 7) is 4.73. The van der Waals surface area contributed by atoms with Crippen molar-refractivity contribution in [2.75, 3.05) is 32.4 Å². The van der Waals surface area contributed by atoms with Crippen LogP contribution in [0.15, 0.2) is 59.5 Å². The van der Waals surface area contributed by atoms with E-state index in [0.717, 1.165) is 51.9 Å². The van der Waals surface area contributed by atoms with Gasteiger partial charge in [-0.3, -0.25) is 4.90 Å². The van der Waals surface area contributed by atoms with Crippen LogP contribution < -0.4 is 10.6 Å². The summed E-state index contributed by atoms with van der Waals surface area (Å²) in [6, 6.07) is 19.1. The van der Waals surface area contributed by atoms with E-state index in [-0.39, 0.29) is 6.03 Å². The molecule has 1 aliphatic heterocycles. The topological polar surface area (TPSA) is 44.4 Å². The molecule has 1 fully saturated rings. The van der Waals surface area contributed by atoms with Crippen molar-refractivity contribution in [3.8, 4) is 0 Å². The number of benzene rings is 2. The second-order valence-corrected chi connectivity index (χ2v) is 8.61. The molecule has 156 valence electrons. The summed E-state index contributed by atoms with van der Waals surface area (Å²) < 4.78 is 0. The summed E-state index contributed by atoms with van der Waals surface area (Å²) in [5.41, 5.74) is 2.74. The molecule has 0 unspecified atom stereocenters. The predicted octanol–water partition coefficient (Wildman–Crippen LogP) is 4.55. The van der Waals surface area contributed by atoms with E-state index in [0.29, 0.717) is 12.5 Å². The van der Waals surface area contributed by atoms with Crippen LogP contribution in [0, 0.1) is 5.92 Å². The average Bonchev–Trinajstić information content (AvgIpc) is 2.77. The highest BCUT2D eigenvalue weighted by molar-refractivity contribution is 7.98. The van der Waals surface area contributed by atoms with Crippen LogP contribution in [0.5, 0.6) is 0 Å². The molecule has 2 N–H and O–H groups in total. The van der Waals surface area contributed by atoms with E-state index in [1.54, 1.807) is 0 Å². The van der Waals surface area contributed by atoms with Crippen molar-refractivity contribution in [2.45, 2.75) is 37.1 Å². The summed E-state index contributed by atoms with van der Waals surface area (Å²) in [4.78, 5) is 16.0. The Morgan fingerprint density at radius 2 is 1.76 bits per heavy atom. The highest BCUT2D eigenvalue weighted by atomic mass is 32.2. The molecule has 1 aliphatic rings. The molecule has 1 saturated heterocycles. The van der Waals surface area contributed by atoms with Gasteiger partial charge < -0.3 is 10.6 Å². The van der Waals surface area contributed by atoms with E-state index in [4.69, 9.17) is 0 Å². The van der Waals surface area contributed by atoms with Gasteiger partial charge in [-0.2, -0.15) is 0 Å². The molecule has 3 rings (SSSR count). The lowest BCUT2D eigenvalue weighted by atomic mass is 9.96. The fraction of sp³-hybridized carbons (Fsp3) is 0.458. The van der Waals surface area contributed by atoms with Crippen LogP contribution in [0.25, 0.3) is 0 Å². The predicted molar refractivity (Wildman–Crippen MR) is 122 cm³/mol. The molecule has 29 heavy (non-hydrogen) atoms. The molecule has 0 spiro atoms. The number of carbonyl (C=O) groups excluding carboxylic acids is 1. The molecule has 5 heteroatoms. The third-order valence-corrected chi connectivity index (χ3v) is 6.45. The summed E-state index contributed by atoms with van der Waals surface area (Å²) in [5.74, 6) is 0.581. The lowest BCUT2D eigenvalue weighted by Crippen LogP contribution is -2.42. The number of amides is 2. The smallest absolute Gasteiger partial charge is 0.314 e. The first-order valence-electron chi connectivity index (χ1n) is 10.6. The maximum Gasteiger partial charge on any atom is 0.314 e. The van der Waals surface area contributed by atoms with E-state index in [1.165, 1.54) is 16.0 Å². The summed E-state index contributed by atoms with van der Waals surface area (Å²) in [6.07, 6.45) is 6.40. The number of urea groups is 1. The van der Waals surface area contributed by atoms with Crippen molar-refractivity contribution in [2.24, 2.45) is 5.92 Å². The fourth-order valence-electron chi connectivity index (χ4n) is 3.86. The molecule has 0 atom stereocenters. The van der Waals surface area contributed by atoms with Crippen LogP contribution in [-0.4, -0.2) is 43.4 Å². The molecule has 2 amide bonds. The van der Waals surface area contributed by atoms with Crippen LogP contribution in [0.1, 0.15) is 30.4 Å². The summed E-state index contributed by atoms with van der Waals surface area (Å²) in [5, 5.41) is 6.05. The molecule has 2 aromatic carbocycles. The molecule has 0 saturated carbocycles. The van der Waals surface area contributed by atoms with E-state index in [2.05, 4.69) is 70.3 Å². The van der Waals surface area contributed by atoms with E-state index >= 15 is 0 Å². The first kappa shape index (κ1) is 21.7. The molecule has 1 heterocycles. The second-order valence-electron chi connectivity index (χ2n) is 7.76. The Kier molecular flexibility index (Phi) is 8.90. The average molecular weight is 412 g/mol. The molecule has 0 aliphatic carbocycles. The Morgan fingerprint density at radius 1 is 1.03 bits per heavy atom. The Bertz CT molecular complexity index is 745. The van der Waals surface area contributed by atoms with Crippen LogP contribution in [0.3, 0.4) is 0 Å². The number of hydrogen-bond donors (Lipinski definition) is 2. The normalized spacial score (nSPS) is 15.2. The van der Waals surface area contributed by atoms with Gasteiger partial charge in [-0.05, 0) is 68.1 Å². The lowest BCUT2D eigenvalue weighted by Gasteiger charge is -2.32. The Hall–Kier alpha value is -1.98. The quantitative estimate of drug-likeness (QED) is 0.470. The van der Waals surface area contributed by atoms with Crippen molar-refractivity contribution in [3.05, 3.63) is 65.7 Å². The van der Waals surface area contributed by atoms with Crippen molar-refractivity contribution in [3.63, 3.8) is 0 Å². The third kappa shape index (κ3) is 7.41. The van der Waals surface area contributed by atoms with Gasteiger partial charge in [0, 0.05) is 24.5 Å². The molecule has 0 bridgehead atoms.